The monoisotopic (exact) mass is 399 g/mol. The summed E-state index contributed by atoms with van der Waals surface area (Å²) in [5.74, 6) is -5.73. The topological polar surface area (TPSA) is 54.8 Å². The highest BCUT2D eigenvalue weighted by Gasteiger charge is 2.42. The number of Topliss-reactive ketones (excluding diaryl/α,β-unsaturated/α-hetero) is 1. The number of rotatable bonds is 8. The van der Waals surface area contributed by atoms with Gasteiger partial charge in [-0.2, -0.15) is 13.9 Å². The fourth-order valence-electron chi connectivity index (χ4n) is 2.16. The molecule has 0 fully saturated rings. The van der Waals surface area contributed by atoms with Crippen LogP contribution in [0.25, 0.3) is 11.1 Å². The molecule has 1 aromatic carbocycles. The van der Waals surface area contributed by atoms with E-state index in [-0.39, 0.29) is 0 Å². The maximum atomic E-state index is 14.3. The number of aromatic nitrogens is 1. The molecular formula is C18H14F5N3O2. The number of nitrogens with zero attached hydrogens (tertiary/aromatic N) is 3. The predicted octanol–water partition coefficient (Wildman–Crippen LogP) is 4.37. The van der Waals surface area contributed by atoms with E-state index in [9.17, 15) is 26.7 Å². The van der Waals surface area contributed by atoms with Gasteiger partial charge >= 0.3 is 12.3 Å². The summed E-state index contributed by atoms with van der Waals surface area (Å²) in [5, 5.41) is 4.20. The van der Waals surface area contributed by atoms with E-state index in [1.54, 1.807) is 0 Å². The van der Waals surface area contributed by atoms with Crippen molar-refractivity contribution >= 4 is 12.5 Å². The highest BCUT2D eigenvalue weighted by atomic mass is 19.4. The van der Waals surface area contributed by atoms with Gasteiger partial charge in [-0.1, -0.05) is 24.8 Å². The molecule has 0 saturated heterocycles. The summed E-state index contributed by atoms with van der Waals surface area (Å²) in [5.41, 5.74) is 0.0225. The third-order valence-electron chi connectivity index (χ3n) is 3.55. The van der Waals surface area contributed by atoms with Gasteiger partial charge in [0.1, 0.15) is 18.0 Å². The normalized spacial score (nSPS) is 11.6. The number of hydrogen-bond donors (Lipinski definition) is 0. The zero-order chi connectivity index (χ0) is 20.9. The van der Waals surface area contributed by atoms with Crippen molar-refractivity contribution in [3.63, 3.8) is 0 Å². The molecule has 0 aliphatic heterocycles. The first-order valence-corrected chi connectivity index (χ1v) is 7.66. The highest BCUT2D eigenvalue weighted by molar-refractivity contribution is 5.88. The molecule has 0 spiro atoms. The summed E-state index contributed by atoms with van der Waals surface area (Å²) < 4.78 is 68.8. The molecule has 0 N–H and O–H groups in total. The Morgan fingerprint density at radius 3 is 2.18 bits per heavy atom. The Labute approximate surface area is 156 Å². The molecule has 0 atom stereocenters. The van der Waals surface area contributed by atoms with Crippen molar-refractivity contribution in [3.05, 3.63) is 61.1 Å². The summed E-state index contributed by atoms with van der Waals surface area (Å²) in [4.78, 5) is 15.4. The van der Waals surface area contributed by atoms with E-state index < -0.39 is 36.1 Å². The standard InChI is InChI=1S/C18H14F5N3O2/c1-3-26(24-2)11-16(27)17(19,20)15-9-6-13(10-25-15)12-4-7-14(8-5-12)28-18(21,22)23/h3-10H,1-2,11H2. The number of ether oxygens (including phenoxy) is 1. The second-order valence-corrected chi connectivity index (χ2v) is 5.42. The molecule has 1 heterocycles. The number of carbonyl (C=O) groups is 1. The van der Waals surface area contributed by atoms with Crippen LogP contribution in [0.2, 0.25) is 0 Å². The van der Waals surface area contributed by atoms with Gasteiger partial charge < -0.3 is 4.74 Å². The number of carbonyl (C=O) groups excluding carboxylic acids is 1. The van der Waals surface area contributed by atoms with E-state index in [0.29, 0.717) is 11.1 Å². The van der Waals surface area contributed by atoms with Crippen LogP contribution in [0.1, 0.15) is 5.69 Å². The first-order chi connectivity index (χ1) is 13.1. The van der Waals surface area contributed by atoms with Gasteiger partial charge in [-0.05, 0) is 23.8 Å². The molecule has 2 aromatic rings. The molecule has 1 aromatic heterocycles. The molecule has 148 valence electrons. The molecule has 0 aliphatic rings. The van der Waals surface area contributed by atoms with Crippen molar-refractivity contribution in [3.8, 4) is 16.9 Å². The van der Waals surface area contributed by atoms with Gasteiger partial charge in [-0.15, -0.1) is 13.2 Å². The van der Waals surface area contributed by atoms with Gasteiger partial charge in [0.25, 0.3) is 0 Å². The molecule has 0 bridgehead atoms. The second-order valence-electron chi connectivity index (χ2n) is 5.42. The SMILES string of the molecule is C=CN(CC(=O)C(F)(F)c1ccc(-c2ccc(OC(F)(F)F)cc2)cn1)N=C. The number of pyridine rings is 1. The Balaban J connectivity index is 2.17. The average molecular weight is 399 g/mol. The minimum Gasteiger partial charge on any atom is -0.406 e. The first kappa shape index (κ1) is 21.0. The van der Waals surface area contributed by atoms with Crippen LogP contribution >= 0.6 is 0 Å². The molecule has 0 saturated carbocycles. The molecular weight excluding hydrogens is 385 g/mol. The number of ketones is 1. The van der Waals surface area contributed by atoms with Crippen LogP contribution in [-0.4, -0.2) is 35.4 Å². The highest BCUT2D eigenvalue weighted by Crippen LogP contribution is 2.30. The molecule has 0 radical (unpaired) electrons. The lowest BCUT2D eigenvalue weighted by Crippen LogP contribution is -2.34. The van der Waals surface area contributed by atoms with Crippen LogP contribution in [0.15, 0.2) is 60.5 Å². The fraction of sp³-hybridized carbons (Fsp3) is 0.167. The molecule has 10 heteroatoms. The van der Waals surface area contributed by atoms with Crippen LogP contribution in [0.4, 0.5) is 22.0 Å². The maximum absolute atomic E-state index is 14.3. The molecule has 5 nitrogen and oxygen atoms in total. The lowest BCUT2D eigenvalue weighted by Gasteiger charge is -2.18. The van der Waals surface area contributed by atoms with Crippen LogP contribution in [0.5, 0.6) is 5.75 Å². The number of alkyl halides is 5. The second kappa shape index (κ2) is 8.15. The van der Waals surface area contributed by atoms with E-state index >= 15 is 0 Å². The lowest BCUT2D eigenvalue weighted by atomic mass is 10.1. The Bertz CT molecular complexity index is 841. The Kier molecular flexibility index (Phi) is 6.12. The largest absolute Gasteiger partial charge is 0.573 e. The van der Waals surface area contributed by atoms with Crippen LogP contribution in [-0.2, 0) is 10.7 Å². The zero-order valence-corrected chi connectivity index (χ0v) is 14.3. The number of hydrogen-bond acceptors (Lipinski definition) is 5. The van der Waals surface area contributed by atoms with Gasteiger partial charge in [0.2, 0.25) is 5.78 Å². The van der Waals surface area contributed by atoms with E-state index in [4.69, 9.17) is 0 Å². The summed E-state index contributed by atoms with van der Waals surface area (Å²) in [7, 11) is 0. The Morgan fingerprint density at radius 2 is 1.71 bits per heavy atom. The number of benzene rings is 1. The van der Waals surface area contributed by atoms with Crippen molar-refractivity contribution in [2.75, 3.05) is 6.54 Å². The van der Waals surface area contributed by atoms with Crippen molar-refractivity contribution < 1.29 is 31.5 Å². The maximum Gasteiger partial charge on any atom is 0.573 e. The molecule has 0 aliphatic carbocycles. The Hall–Kier alpha value is -3.30. The van der Waals surface area contributed by atoms with Gasteiger partial charge in [0.15, 0.2) is 0 Å². The fourth-order valence-corrected chi connectivity index (χ4v) is 2.16. The molecule has 28 heavy (non-hydrogen) atoms. The van der Waals surface area contributed by atoms with Crippen molar-refractivity contribution in [1.29, 1.82) is 0 Å². The average Bonchev–Trinajstić information content (AvgIpc) is 2.65. The molecule has 2 rings (SSSR count). The Morgan fingerprint density at radius 1 is 1.11 bits per heavy atom. The first-order valence-electron chi connectivity index (χ1n) is 7.66. The summed E-state index contributed by atoms with van der Waals surface area (Å²) in [6.07, 6.45) is -2.65. The molecule has 0 amide bonds. The zero-order valence-electron chi connectivity index (χ0n) is 14.3. The number of hydrazone groups is 1. The minimum absolute atomic E-state index is 0.367. The summed E-state index contributed by atoms with van der Waals surface area (Å²) >= 11 is 0. The van der Waals surface area contributed by atoms with Crippen LogP contribution < -0.4 is 4.74 Å². The third kappa shape index (κ3) is 5.12. The third-order valence-corrected chi connectivity index (χ3v) is 3.55. The number of halogens is 5. The van der Waals surface area contributed by atoms with Gasteiger partial charge in [0, 0.05) is 24.7 Å². The van der Waals surface area contributed by atoms with Crippen LogP contribution in [0.3, 0.4) is 0 Å². The lowest BCUT2D eigenvalue weighted by molar-refractivity contribution is -0.274. The van der Waals surface area contributed by atoms with Crippen molar-refractivity contribution in [1.82, 2.24) is 9.99 Å². The van der Waals surface area contributed by atoms with E-state index in [2.05, 4.69) is 28.1 Å². The smallest absolute Gasteiger partial charge is 0.406 e. The summed E-state index contributed by atoms with van der Waals surface area (Å²) in [6.45, 7) is 5.72. The van der Waals surface area contributed by atoms with Crippen molar-refractivity contribution in [2.45, 2.75) is 12.3 Å². The predicted molar refractivity (Wildman–Crippen MR) is 91.7 cm³/mol. The van der Waals surface area contributed by atoms with Gasteiger partial charge in [-0.3, -0.25) is 14.8 Å². The quantitative estimate of drug-likeness (QED) is 0.376. The van der Waals surface area contributed by atoms with Gasteiger partial charge in [-0.25, -0.2) is 0 Å². The van der Waals surface area contributed by atoms with E-state index in [0.717, 1.165) is 35.6 Å². The van der Waals surface area contributed by atoms with Crippen LogP contribution in [0, 0.1) is 0 Å². The van der Waals surface area contributed by atoms with Crippen molar-refractivity contribution in [2.24, 2.45) is 5.10 Å². The summed E-state index contributed by atoms with van der Waals surface area (Å²) in [6, 6.07) is 7.05. The molecule has 0 unspecified atom stereocenters. The van der Waals surface area contributed by atoms with Gasteiger partial charge in [0.05, 0.1) is 0 Å². The minimum atomic E-state index is -4.81. The van der Waals surface area contributed by atoms with E-state index in [1.807, 2.05) is 0 Å². The van der Waals surface area contributed by atoms with E-state index in [1.165, 1.54) is 18.2 Å².